The van der Waals surface area contributed by atoms with Gasteiger partial charge >= 0.3 is 0 Å². The third-order valence-corrected chi connectivity index (χ3v) is 5.61. The highest BCUT2D eigenvalue weighted by atomic mass is 19.1. The van der Waals surface area contributed by atoms with Gasteiger partial charge in [0.2, 0.25) is 0 Å². The van der Waals surface area contributed by atoms with Crippen LogP contribution in [0.3, 0.4) is 0 Å². The number of aliphatic hydroxyl groups is 1. The number of anilines is 1. The maximum Gasteiger partial charge on any atom is 0.300 e. The van der Waals surface area contributed by atoms with Gasteiger partial charge in [0, 0.05) is 11.3 Å². The van der Waals surface area contributed by atoms with Crippen molar-refractivity contribution in [1.29, 1.82) is 0 Å². The number of aryl methyl sites for hydroxylation is 2. The molecule has 1 heterocycles. The molecule has 0 aromatic heterocycles. The molecular weight excluding hydrogens is 409 g/mol. The average molecular weight is 431 g/mol. The predicted molar refractivity (Wildman–Crippen MR) is 120 cm³/mol. The van der Waals surface area contributed by atoms with E-state index in [2.05, 4.69) is 0 Å². The highest BCUT2D eigenvalue weighted by molar-refractivity contribution is 6.51. The quantitative estimate of drug-likeness (QED) is 0.356. The number of carbonyl (C=O) groups is 2. The summed E-state index contributed by atoms with van der Waals surface area (Å²) in [6, 6.07) is 16.9. The van der Waals surface area contributed by atoms with Gasteiger partial charge in [-0.25, -0.2) is 4.39 Å². The van der Waals surface area contributed by atoms with Crippen LogP contribution in [0.25, 0.3) is 5.76 Å². The smallest absolute Gasteiger partial charge is 0.300 e. The number of Topliss-reactive ketones (excluding diaryl/α,β-unsaturated/α-hetero) is 1. The molecule has 0 spiro atoms. The number of methoxy groups -OCH3 is 1. The lowest BCUT2D eigenvalue weighted by molar-refractivity contribution is -0.132. The van der Waals surface area contributed by atoms with E-state index in [4.69, 9.17) is 4.74 Å². The Hall–Kier alpha value is -3.93. The average Bonchev–Trinajstić information content (AvgIpc) is 3.05. The molecule has 0 saturated carbocycles. The maximum atomic E-state index is 14.0. The molecule has 1 atom stereocenters. The van der Waals surface area contributed by atoms with Crippen molar-refractivity contribution in [3.8, 4) is 5.75 Å². The summed E-state index contributed by atoms with van der Waals surface area (Å²) in [5.74, 6) is -1.85. The number of ether oxygens (including phenoxy) is 1. The molecule has 3 aromatic carbocycles. The number of rotatable bonds is 4. The molecule has 1 unspecified atom stereocenters. The molecule has 3 aromatic rings. The molecule has 0 radical (unpaired) electrons. The molecule has 5 nitrogen and oxygen atoms in total. The number of ketones is 1. The fourth-order valence-corrected chi connectivity index (χ4v) is 3.96. The number of halogens is 1. The summed E-state index contributed by atoms with van der Waals surface area (Å²) in [5.41, 5.74) is 2.91. The second kappa shape index (κ2) is 8.30. The molecule has 1 aliphatic rings. The summed E-state index contributed by atoms with van der Waals surface area (Å²) in [5, 5.41) is 11.2. The third kappa shape index (κ3) is 3.64. The third-order valence-electron chi connectivity index (χ3n) is 5.61. The van der Waals surface area contributed by atoms with Gasteiger partial charge in [0.1, 0.15) is 17.3 Å². The van der Waals surface area contributed by atoms with Crippen LogP contribution in [0.2, 0.25) is 0 Å². The first-order valence-electron chi connectivity index (χ1n) is 10.1. The predicted octanol–water partition coefficient (Wildman–Crippen LogP) is 5.08. The highest BCUT2D eigenvalue weighted by Gasteiger charge is 2.47. The van der Waals surface area contributed by atoms with E-state index in [-0.39, 0.29) is 17.0 Å². The van der Waals surface area contributed by atoms with E-state index in [1.807, 2.05) is 26.0 Å². The standard InChI is InChI=1S/C26H22FNO4/c1-15-7-8-16(2)21(13-15)24(29)22-23(17-9-11-20(32-3)12-10-17)28(26(31)25(22)30)19-6-4-5-18(27)14-19/h4-14,23,29H,1-3H3/b24-22+. The lowest BCUT2D eigenvalue weighted by Gasteiger charge is -2.25. The van der Waals surface area contributed by atoms with Crippen LogP contribution in [0, 0.1) is 19.7 Å². The number of aliphatic hydroxyl groups excluding tert-OH is 1. The van der Waals surface area contributed by atoms with E-state index in [9.17, 15) is 19.1 Å². The molecule has 1 fully saturated rings. The topological polar surface area (TPSA) is 66.8 Å². The van der Waals surface area contributed by atoms with Gasteiger partial charge in [-0.1, -0.05) is 35.9 Å². The number of nitrogens with zero attached hydrogens (tertiary/aromatic N) is 1. The summed E-state index contributed by atoms with van der Waals surface area (Å²) in [7, 11) is 1.54. The zero-order chi connectivity index (χ0) is 23.0. The van der Waals surface area contributed by atoms with E-state index in [0.717, 1.165) is 11.1 Å². The highest BCUT2D eigenvalue weighted by Crippen LogP contribution is 2.43. The molecule has 1 saturated heterocycles. The van der Waals surface area contributed by atoms with E-state index < -0.39 is 23.5 Å². The van der Waals surface area contributed by atoms with Gasteiger partial charge in [0.25, 0.3) is 11.7 Å². The van der Waals surface area contributed by atoms with Crippen molar-refractivity contribution in [2.45, 2.75) is 19.9 Å². The molecule has 1 aliphatic heterocycles. The van der Waals surface area contributed by atoms with Gasteiger partial charge in [-0.15, -0.1) is 0 Å². The van der Waals surface area contributed by atoms with Gasteiger partial charge < -0.3 is 9.84 Å². The molecule has 6 heteroatoms. The first-order valence-corrected chi connectivity index (χ1v) is 10.1. The second-order valence-corrected chi connectivity index (χ2v) is 7.74. The number of benzene rings is 3. The minimum atomic E-state index is -0.928. The Bertz CT molecular complexity index is 1250. The molecule has 162 valence electrons. The monoisotopic (exact) mass is 431 g/mol. The largest absolute Gasteiger partial charge is 0.507 e. The minimum absolute atomic E-state index is 0.0434. The Morgan fingerprint density at radius 2 is 1.72 bits per heavy atom. The van der Waals surface area contributed by atoms with E-state index >= 15 is 0 Å². The SMILES string of the molecule is COc1ccc(C2/C(=C(\O)c3cc(C)ccc3C)C(=O)C(=O)N2c2cccc(F)c2)cc1. The number of hydrogen-bond acceptors (Lipinski definition) is 4. The van der Waals surface area contributed by atoms with E-state index in [1.165, 1.54) is 30.2 Å². The summed E-state index contributed by atoms with van der Waals surface area (Å²) in [4.78, 5) is 27.5. The van der Waals surface area contributed by atoms with Crippen LogP contribution < -0.4 is 9.64 Å². The Kier molecular flexibility index (Phi) is 5.53. The van der Waals surface area contributed by atoms with Crippen LogP contribution in [-0.2, 0) is 9.59 Å². The first kappa shape index (κ1) is 21.3. The lowest BCUT2D eigenvalue weighted by atomic mass is 9.93. The Labute approximate surface area is 185 Å². The van der Waals surface area contributed by atoms with Gasteiger partial charge in [-0.05, 0) is 61.4 Å². The van der Waals surface area contributed by atoms with Crippen molar-refractivity contribution < 1.29 is 23.8 Å². The number of hydrogen-bond donors (Lipinski definition) is 1. The van der Waals surface area contributed by atoms with Gasteiger partial charge in [-0.2, -0.15) is 0 Å². The van der Waals surface area contributed by atoms with Crippen LogP contribution >= 0.6 is 0 Å². The zero-order valence-corrected chi connectivity index (χ0v) is 17.9. The second-order valence-electron chi connectivity index (χ2n) is 7.74. The molecule has 1 amide bonds. The molecule has 1 N–H and O–H groups in total. The zero-order valence-electron chi connectivity index (χ0n) is 17.9. The number of amides is 1. The number of carbonyl (C=O) groups excluding carboxylic acids is 2. The molecule has 0 bridgehead atoms. The van der Waals surface area contributed by atoms with Crippen LogP contribution in [0.5, 0.6) is 5.75 Å². The van der Waals surface area contributed by atoms with Crippen LogP contribution in [0.4, 0.5) is 10.1 Å². The van der Waals surface area contributed by atoms with Crippen molar-refractivity contribution in [1.82, 2.24) is 0 Å². The van der Waals surface area contributed by atoms with Crippen molar-refractivity contribution in [2.24, 2.45) is 0 Å². The van der Waals surface area contributed by atoms with Crippen LogP contribution in [-0.4, -0.2) is 23.9 Å². The van der Waals surface area contributed by atoms with Crippen molar-refractivity contribution in [3.63, 3.8) is 0 Å². The summed E-state index contributed by atoms with van der Waals surface area (Å²) in [6.45, 7) is 3.70. The molecule has 0 aliphatic carbocycles. The lowest BCUT2D eigenvalue weighted by Crippen LogP contribution is -2.29. The van der Waals surface area contributed by atoms with Gasteiger partial charge in [0.05, 0.1) is 18.7 Å². The Morgan fingerprint density at radius 3 is 2.38 bits per heavy atom. The van der Waals surface area contributed by atoms with Crippen LogP contribution in [0.15, 0.2) is 72.3 Å². The Balaban J connectivity index is 1.97. The van der Waals surface area contributed by atoms with Crippen molar-refractivity contribution >= 4 is 23.1 Å². The Morgan fingerprint density at radius 1 is 1.00 bits per heavy atom. The van der Waals surface area contributed by atoms with Crippen LogP contribution in [0.1, 0.15) is 28.3 Å². The maximum absolute atomic E-state index is 14.0. The van der Waals surface area contributed by atoms with Crippen molar-refractivity contribution in [2.75, 3.05) is 12.0 Å². The molecular formula is C26H22FNO4. The van der Waals surface area contributed by atoms with Crippen molar-refractivity contribution in [3.05, 3.63) is 100 Å². The van der Waals surface area contributed by atoms with E-state index in [1.54, 1.807) is 36.4 Å². The fraction of sp³-hybridized carbons (Fsp3) is 0.154. The van der Waals surface area contributed by atoms with E-state index in [0.29, 0.717) is 16.9 Å². The summed E-state index contributed by atoms with van der Waals surface area (Å²) >= 11 is 0. The van der Waals surface area contributed by atoms with Gasteiger partial charge in [0.15, 0.2) is 0 Å². The normalized spacial score (nSPS) is 17.6. The summed E-state index contributed by atoms with van der Waals surface area (Å²) < 4.78 is 19.2. The molecule has 4 rings (SSSR count). The summed E-state index contributed by atoms with van der Waals surface area (Å²) in [6.07, 6.45) is 0. The minimum Gasteiger partial charge on any atom is -0.507 e. The fourth-order valence-electron chi connectivity index (χ4n) is 3.96. The molecule has 32 heavy (non-hydrogen) atoms. The first-order chi connectivity index (χ1) is 15.3. The van der Waals surface area contributed by atoms with Gasteiger partial charge in [-0.3, -0.25) is 14.5 Å².